The first-order chi connectivity index (χ1) is 9.19. The van der Waals surface area contributed by atoms with E-state index in [-0.39, 0.29) is 17.6 Å². The highest BCUT2D eigenvalue weighted by Gasteiger charge is 2.37. The number of carbonyl (C=O) groups excluding carboxylic acids is 1. The van der Waals surface area contributed by atoms with Crippen LogP contribution >= 0.6 is 0 Å². The molecule has 0 radical (unpaired) electrons. The number of hydrogen-bond donors (Lipinski definition) is 0. The Labute approximate surface area is 111 Å². The van der Waals surface area contributed by atoms with Gasteiger partial charge in [-0.1, -0.05) is 0 Å². The van der Waals surface area contributed by atoms with Crippen LogP contribution in [0.15, 0.2) is 18.2 Å². The van der Waals surface area contributed by atoms with Crippen molar-refractivity contribution < 1.29 is 9.18 Å². The number of benzene rings is 1. The van der Waals surface area contributed by atoms with Crippen molar-refractivity contribution in [2.24, 2.45) is 0 Å². The minimum Gasteiger partial charge on any atom is -0.365 e. The largest absolute Gasteiger partial charge is 0.365 e. The van der Waals surface area contributed by atoms with Crippen LogP contribution in [-0.4, -0.2) is 17.9 Å². The Balaban J connectivity index is 1.97. The zero-order chi connectivity index (χ0) is 13.4. The Morgan fingerprint density at radius 1 is 1.26 bits per heavy atom. The molecule has 2 bridgehead atoms. The van der Waals surface area contributed by atoms with Crippen LogP contribution in [0.3, 0.4) is 0 Å². The summed E-state index contributed by atoms with van der Waals surface area (Å²) in [6.45, 7) is 0. The normalized spacial score (nSPS) is 26.1. The molecule has 0 saturated carbocycles. The molecule has 2 fully saturated rings. The standard InChI is InChI=1S/C15H15FN2O/c16-15-5-4-13(6-10(15)9-17)18-11-2-1-3-12(18)8-14(19)7-11/h4-6,11-12H,1-3,7-8H2. The second kappa shape index (κ2) is 4.65. The van der Waals surface area contributed by atoms with Gasteiger partial charge in [0.25, 0.3) is 0 Å². The highest BCUT2D eigenvalue weighted by molar-refractivity contribution is 5.82. The van der Waals surface area contributed by atoms with Crippen LogP contribution in [0, 0.1) is 17.1 Å². The van der Waals surface area contributed by atoms with Gasteiger partial charge in [0.2, 0.25) is 0 Å². The summed E-state index contributed by atoms with van der Waals surface area (Å²) in [6, 6.07) is 6.99. The molecule has 0 aromatic heterocycles. The van der Waals surface area contributed by atoms with Crippen molar-refractivity contribution in [3.8, 4) is 6.07 Å². The fourth-order valence-electron chi connectivity index (χ4n) is 3.36. The summed E-state index contributed by atoms with van der Waals surface area (Å²) >= 11 is 0. The molecule has 1 aromatic rings. The smallest absolute Gasteiger partial charge is 0.141 e. The van der Waals surface area contributed by atoms with Gasteiger partial charge in [0.1, 0.15) is 17.7 Å². The van der Waals surface area contributed by atoms with E-state index in [1.165, 1.54) is 6.07 Å². The Kier molecular flexibility index (Phi) is 2.98. The second-order valence-electron chi connectivity index (χ2n) is 5.37. The number of nitrogens with zero attached hydrogens (tertiary/aromatic N) is 2. The molecule has 2 heterocycles. The van der Waals surface area contributed by atoms with Crippen molar-refractivity contribution in [2.75, 3.05) is 4.90 Å². The number of piperidine rings is 2. The summed E-state index contributed by atoms with van der Waals surface area (Å²) in [6.07, 6.45) is 4.31. The summed E-state index contributed by atoms with van der Waals surface area (Å²) in [5.74, 6) is -0.155. The summed E-state index contributed by atoms with van der Waals surface area (Å²) < 4.78 is 13.4. The fourth-order valence-corrected chi connectivity index (χ4v) is 3.36. The van der Waals surface area contributed by atoms with Crippen LogP contribution in [0.25, 0.3) is 0 Å². The van der Waals surface area contributed by atoms with Gasteiger partial charge in [0.05, 0.1) is 5.56 Å². The number of anilines is 1. The topological polar surface area (TPSA) is 44.1 Å². The number of nitriles is 1. The molecule has 2 aliphatic heterocycles. The fraction of sp³-hybridized carbons (Fsp3) is 0.467. The van der Waals surface area contributed by atoms with Gasteiger partial charge in [-0.2, -0.15) is 5.26 Å². The maximum atomic E-state index is 13.4. The van der Waals surface area contributed by atoms with E-state index < -0.39 is 5.82 Å². The van der Waals surface area contributed by atoms with Gasteiger partial charge in [0, 0.05) is 30.6 Å². The summed E-state index contributed by atoms with van der Waals surface area (Å²) in [7, 11) is 0. The average molecular weight is 258 g/mol. The van der Waals surface area contributed by atoms with E-state index in [1.807, 2.05) is 6.07 Å². The molecule has 2 aliphatic rings. The monoisotopic (exact) mass is 258 g/mol. The van der Waals surface area contributed by atoms with Crippen molar-refractivity contribution in [2.45, 2.75) is 44.2 Å². The Hall–Kier alpha value is -1.89. The predicted octanol–water partition coefficient (Wildman–Crippen LogP) is 2.79. The average Bonchev–Trinajstić information content (AvgIpc) is 2.38. The van der Waals surface area contributed by atoms with Crippen LogP contribution in [0.5, 0.6) is 0 Å². The highest BCUT2D eigenvalue weighted by atomic mass is 19.1. The van der Waals surface area contributed by atoms with E-state index in [4.69, 9.17) is 5.26 Å². The number of Topliss-reactive ketones (excluding diaryl/α,β-unsaturated/α-hetero) is 1. The maximum Gasteiger partial charge on any atom is 0.141 e. The van der Waals surface area contributed by atoms with Crippen molar-refractivity contribution in [1.29, 1.82) is 5.26 Å². The molecular formula is C15H15FN2O. The SMILES string of the molecule is N#Cc1cc(N2C3CCCC2CC(=O)C3)ccc1F. The van der Waals surface area contributed by atoms with Crippen molar-refractivity contribution in [3.05, 3.63) is 29.6 Å². The van der Waals surface area contributed by atoms with Gasteiger partial charge in [-0.05, 0) is 37.5 Å². The zero-order valence-corrected chi connectivity index (χ0v) is 10.6. The van der Waals surface area contributed by atoms with Crippen LogP contribution in [0.1, 0.15) is 37.7 Å². The molecule has 0 amide bonds. The van der Waals surface area contributed by atoms with Gasteiger partial charge in [-0.15, -0.1) is 0 Å². The molecule has 0 aliphatic carbocycles. The molecule has 3 nitrogen and oxygen atoms in total. The van der Waals surface area contributed by atoms with E-state index in [9.17, 15) is 9.18 Å². The van der Waals surface area contributed by atoms with E-state index in [0.29, 0.717) is 18.6 Å². The quantitative estimate of drug-likeness (QED) is 0.778. The van der Waals surface area contributed by atoms with Crippen LogP contribution in [0.2, 0.25) is 0 Å². The first kappa shape index (κ1) is 12.2. The number of hydrogen-bond acceptors (Lipinski definition) is 3. The molecule has 98 valence electrons. The molecule has 1 aromatic carbocycles. The molecule has 19 heavy (non-hydrogen) atoms. The third-order valence-corrected chi connectivity index (χ3v) is 4.16. The molecule has 2 saturated heterocycles. The van der Waals surface area contributed by atoms with E-state index in [1.54, 1.807) is 12.1 Å². The van der Waals surface area contributed by atoms with Gasteiger partial charge < -0.3 is 4.90 Å². The van der Waals surface area contributed by atoms with Gasteiger partial charge in [-0.3, -0.25) is 4.79 Å². The van der Waals surface area contributed by atoms with Crippen molar-refractivity contribution >= 4 is 11.5 Å². The minimum atomic E-state index is -0.482. The number of halogens is 1. The third-order valence-electron chi connectivity index (χ3n) is 4.16. The van der Waals surface area contributed by atoms with Crippen LogP contribution in [0.4, 0.5) is 10.1 Å². The second-order valence-corrected chi connectivity index (χ2v) is 5.37. The summed E-state index contributed by atoms with van der Waals surface area (Å²) in [5.41, 5.74) is 0.952. The molecule has 2 unspecified atom stereocenters. The third kappa shape index (κ3) is 2.10. The van der Waals surface area contributed by atoms with E-state index in [2.05, 4.69) is 4.90 Å². The van der Waals surface area contributed by atoms with E-state index >= 15 is 0 Å². The van der Waals surface area contributed by atoms with Crippen LogP contribution in [-0.2, 0) is 4.79 Å². The van der Waals surface area contributed by atoms with Crippen molar-refractivity contribution in [3.63, 3.8) is 0 Å². The lowest BCUT2D eigenvalue weighted by molar-refractivity contribution is -0.121. The summed E-state index contributed by atoms with van der Waals surface area (Å²) in [5, 5.41) is 8.92. The first-order valence-electron chi connectivity index (χ1n) is 6.68. The Morgan fingerprint density at radius 3 is 2.58 bits per heavy atom. The molecule has 0 spiro atoms. The lowest BCUT2D eigenvalue weighted by Gasteiger charge is -2.47. The minimum absolute atomic E-state index is 0.0764. The van der Waals surface area contributed by atoms with Gasteiger partial charge in [-0.25, -0.2) is 4.39 Å². The zero-order valence-electron chi connectivity index (χ0n) is 10.6. The summed E-state index contributed by atoms with van der Waals surface area (Å²) in [4.78, 5) is 13.9. The van der Waals surface area contributed by atoms with Crippen molar-refractivity contribution in [1.82, 2.24) is 0 Å². The number of fused-ring (bicyclic) bond motifs is 2. The number of rotatable bonds is 1. The lowest BCUT2D eigenvalue weighted by atomic mass is 9.83. The predicted molar refractivity (Wildman–Crippen MR) is 69.3 cm³/mol. The van der Waals surface area contributed by atoms with Gasteiger partial charge in [0.15, 0.2) is 0 Å². The van der Waals surface area contributed by atoms with E-state index in [0.717, 1.165) is 24.9 Å². The lowest BCUT2D eigenvalue weighted by Crippen LogP contribution is -2.52. The molecule has 0 N–H and O–H groups in total. The van der Waals surface area contributed by atoms with Crippen LogP contribution < -0.4 is 4.90 Å². The molecule has 2 atom stereocenters. The number of ketones is 1. The van der Waals surface area contributed by atoms with Gasteiger partial charge >= 0.3 is 0 Å². The Bertz CT molecular complexity index is 548. The molecular weight excluding hydrogens is 243 g/mol. The first-order valence-corrected chi connectivity index (χ1v) is 6.68. The number of carbonyl (C=O) groups is 1. The molecule has 4 heteroatoms. The Morgan fingerprint density at radius 2 is 1.95 bits per heavy atom. The highest BCUT2D eigenvalue weighted by Crippen LogP contribution is 2.36. The maximum absolute atomic E-state index is 13.4. The molecule has 3 rings (SSSR count).